The van der Waals surface area contributed by atoms with Crippen molar-refractivity contribution in [3.63, 3.8) is 0 Å². The maximum absolute atomic E-state index is 10.3. The summed E-state index contributed by atoms with van der Waals surface area (Å²) in [5.74, 6) is 0. The summed E-state index contributed by atoms with van der Waals surface area (Å²) in [6.07, 6.45) is 0. The van der Waals surface area contributed by atoms with Gasteiger partial charge in [0.2, 0.25) is 0 Å². The lowest BCUT2D eigenvalue weighted by molar-refractivity contribution is -0.384. The average Bonchev–Trinajstić information content (AvgIpc) is 2.06. The molecule has 72 valence electrons. The predicted octanol–water partition coefficient (Wildman–Crippen LogP) is -1.68. The summed E-state index contributed by atoms with van der Waals surface area (Å²) in [7, 11) is 1.83. The van der Waals surface area contributed by atoms with Crippen molar-refractivity contribution in [1.29, 1.82) is 0 Å². The van der Waals surface area contributed by atoms with Crippen molar-refractivity contribution >= 4 is 5.69 Å². The number of hydrogen-bond acceptors (Lipinski definition) is 3. The van der Waals surface area contributed by atoms with Gasteiger partial charge < -0.3 is 17.7 Å². The zero-order valence-electron chi connectivity index (χ0n) is 7.16. The second-order valence-corrected chi connectivity index (χ2v) is 2.45. The van der Waals surface area contributed by atoms with Crippen LogP contribution in [0.5, 0.6) is 0 Å². The van der Waals surface area contributed by atoms with Crippen LogP contribution >= 0.6 is 0 Å². The second-order valence-electron chi connectivity index (χ2n) is 2.45. The van der Waals surface area contributed by atoms with Crippen LogP contribution in [0.2, 0.25) is 0 Å². The minimum absolute atomic E-state index is 0. The van der Waals surface area contributed by atoms with Gasteiger partial charge in [-0.3, -0.25) is 10.1 Å². The van der Waals surface area contributed by atoms with Crippen LogP contribution in [-0.4, -0.2) is 12.0 Å². The van der Waals surface area contributed by atoms with Gasteiger partial charge in [-0.15, -0.1) is 0 Å². The van der Waals surface area contributed by atoms with E-state index < -0.39 is 4.92 Å². The van der Waals surface area contributed by atoms with Gasteiger partial charge in [-0.05, 0) is 12.6 Å². The number of benzene rings is 1. The van der Waals surface area contributed by atoms with Gasteiger partial charge in [0.1, 0.15) is 0 Å². The SMILES string of the molecule is CNCc1ccc([N+](=O)[O-])cc1.[Cl-]. The van der Waals surface area contributed by atoms with Crippen molar-refractivity contribution in [2.75, 3.05) is 7.05 Å². The number of non-ortho nitro benzene ring substituents is 1. The molecule has 0 saturated heterocycles. The van der Waals surface area contributed by atoms with E-state index in [1.54, 1.807) is 12.1 Å². The Kier molecular flexibility index (Phi) is 5.03. The summed E-state index contributed by atoms with van der Waals surface area (Å²) in [6.45, 7) is 0.734. The Morgan fingerprint density at radius 1 is 1.38 bits per heavy atom. The first-order valence-electron chi connectivity index (χ1n) is 3.62. The van der Waals surface area contributed by atoms with Gasteiger partial charge in [0.15, 0.2) is 0 Å². The molecule has 0 bridgehead atoms. The normalized spacial score (nSPS) is 9.00. The summed E-state index contributed by atoms with van der Waals surface area (Å²) in [6, 6.07) is 6.50. The summed E-state index contributed by atoms with van der Waals surface area (Å²) in [4.78, 5) is 9.86. The topological polar surface area (TPSA) is 55.2 Å². The molecule has 1 rings (SSSR count). The summed E-state index contributed by atoms with van der Waals surface area (Å²) < 4.78 is 0. The lowest BCUT2D eigenvalue weighted by Gasteiger charge is -1.97. The van der Waals surface area contributed by atoms with Gasteiger partial charge in [-0.25, -0.2) is 0 Å². The molecule has 0 amide bonds. The van der Waals surface area contributed by atoms with Crippen LogP contribution in [-0.2, 0) is 6.54 Å². The molecule has 0 aliphatic carbocycles. The predicted molar refractivity (Wildman–Crippen MR) is 45.9 cm³/mol. The lowest BCUT2D eigenvalue weighted by Crippen LogP contribution is -3.00. The van der Waals surface area contributed by atoms with Crippen LogP contribution in [0.15, 0.2) is 24.3 Å². The molecule has 0 heterocycles. The van der Waals surface area contributed by atoms with Crippen LogP contribution in [0.4, 0.5) is 5.69 Å². The molecule has 0 unspecified atom stereocenters. The van der Waals surface area contributed by atoms with Crippen LogP contribution in [0, 0.1) is 10.1 Å². The molecule has 4 nitrogen and oxygen atoms in total. The maximum atomic E-state index is 10.3. The minimum Gasteiger partial charge on any atom is -1.00 e. The zero-order valence-corrected chi connectivity index (χ0v) is 7.91. The fraction of sp³-hybridized carbons (Fsp3) is 0.250. The van der Waals surface area contributed by atoms with Gasteiger partial charge in [0, 0.05) is 18.7 Å². The Balaban J connectivity index is 0.00000144. The molecule has 0 aliphatic heterocycles. The van der Waals surface area contributed by atoms with E-state index >= 15 is 0 Å². The molecule has 1 N–H and O–H groups in total. The van der Waals surface area contributed by atoms with E-state index in [1.807, 2.05) is 7.05 Å². The molecular formula is C8H10ClN2O2-. The standard InChI is InChI=1S/C8H10N2O2.ClH/c1-9-6-7-2-4-8(5-3-7)10(11)12;/h2-5,9H,6H2,1H3;1H/p-1. The molecule has 0 fully saturated rings. The highest BCUT2D eigenvalue weighted by Crippen LogP contribution is 2.11. The van der Waals surface area contributed by atoms with E-state index in [1.165, 1.54) is 12.1 Å². The van der Waals surface area contributed by atoms with E-state index in [-0.39, 0.29) is 18.1 Å². The number of halogens is 1. The number of hydrogen-bond donors (Lipinski definition) is 1. The fourth-order valence-corrected chi connectivity index (χ4v) is 0.940. The van der Waals surface area contributed by atoms with Crippen molar-refractivity contribution in [2.24, 2.45) is 0 Å². The van der Waals surface area contributed by atoms with Crippen LogP contribution < -0.4 is 17.7 Å². The molecule has 0 spiro atoms. The van der Waals surface area contributed by atoms with Gasteiger partial charge in [0.05, 0.1) is 4.92 Å². The monoisotopic (exact) mass is 201 g/mol. The first kappa shape index (κ1) is 11.9. The van der Waals surface area contributed by atoms with E-state index in [4.69, 9.17) is 0 Å². The van der Waals surface area contributed by atoms with Gasteiger partial charge >= 0.3 is 0 Å². The minimum atomic E-state index is -0.400. The van der Waals surface area contributed by atoms with Crippen molar-refractivity contribution in [1.82, 2.24) is 5.32 Å². The van der Waals surface area contributed by atoms with Gasteiger partial charge in [-0.2, -0.15) is 0 Å². The first-order valence-corrected chi connectivity index (χ1v) is 3.62. The molecule has 0 aromatic heterocycles. The Hall–Kier alpha value is -1.13. The number of nitro benzene ring substituents is 1. The molecular weight excluding hydrogens is 192 g/mol. The van der Waals surface area contributed by atoms with Crippen molar-refractivity contribution in [3.8, 4) is 0 Å². The third-order valence-corrected chi connectivity index (χ3v) is 1.53. The molecule has 5 heteroatoms. The van der Waals surface area contributed by atoms with Crippen molar-refractivity contribution in [3.05, 3.63) is 39.9 Å². The Bertz CT molecular complexity index is 274. The number of nitro groups is 1. The number of nitrogens with zero attached hydrogens (tertiary/aromatic N) is 1. The average molecular weight is 202 g/mol. The van der Waals surface area contributed by atoms with E-state index in [9.17, 15) is 10.1 Å². The first-order chi connectivity index (χ1) is 5.74. The summed E-state index contributed by atoms with van der Waals surface area (Å²) in [5.41, 5.74) is 1.18. The van der Waals surface area contributed by atoms with E-state index in [2.05, 4.69) is 5.32 Å². The molecule has 0 atom stereocenters. The number of rotatable bonds is 3. The molecule has 0 aliphatic rings. The molecule has 1 aromatic carbocycles. The smallest absolute Gasteiger partial charge is 0.269 e. The largest absolute Gasteiger partial charge is 1.00 e. The highest BCUT2D eigenvalue weighted by Gasteiger charge is 2.02. The highest BCUT2D eigenvalue weighted by molar-refractivity contribution is 5.32. The lowest BCUT2D eigenvalue weighted by atomic mass is 10.2. The molecule has 13 heavy (non-hydrogen) atoms. The molecule has 1 aromatic rings. The van der Waals surface area contributed by atoms with E-state index in [0.717, 1.165) is 12.1 Å². The molecule has 0 saturated carbocycles. The van der Waals surface area contributed by atoms with Crippen molar-refractivity contribution < 1.29 is 17.3 Å². The number of nitrogens with one attached hydrogen (secondary N) is 1. The fourth-order valence-electron chi connectivity index (χ4n) is 0.940. The Morgan fingerprint density at radius 3 is 2.31 bits per heavy atom. The second kappa shape index (κ2) is 5.50. The highest BCUT2D eigenvalue weighted by atomic mass is 35.5. The third kappa shape index (κ3) is 3.40. The molecule has 0 radical (unpaired) electrons. The van der Waals surface area contributed by atoms with Crippen LogP contribution in [0.25, 0.3) is 0 Å². The van der Waals surface area contributed by atoms with Crippen molar-refractivity contribution in [2.45, 2.75) is 6.54 Å². The van der Waals surface area contributed by atoms with Crippen LogP contribution in [0.3, 0.4) is 0 Å². The van der Waals surface area contributed by atoms with E-state index in [0.29, 0.717) is 0 Å². The Labute approximate surface area is 82.5 Å². The van der Waals surface area contributed by atoms with Gasteiger partial charge in [-0.1, -0.05) is 12.1 Å². The van der Waals surface area contributed by atoms with Crippen LogP contribution in [0.1, 0.15) is 5.56 Å². The maximum Gasteiger partial charge on any atom is 0.269 e. The summed E-state index contributed by atoms with van der Waals surface area (Å²) in [5, 5.41) is 13.2. The quantitative estimate of drug-likeness (QED) is 0.470. The third-order valence-electron chi connectivity index (χ3n) is 1.53. The van der Waals surface area contributed by atoms with Gasteiger partial charge in [0.25, 0.3) is 5.69 Å². The Morgan fingerprint density at radius 2 is 1.92 bits per heavy atom. The summed E-state index contributed by atoms with van der Waals surface area (Å²) >= 11 is 0. The zero-order chi connectivity index (χ0) is 8.97.